The van der Waals surface area contributed by atoms with Gasteiger partial charge in [-0.2, -0.15) is 10.4 Å². The summed E-state index contributed by atoms with van der Waals surface area (Å²) < 4.78 is 0. The number of nitrogens with zero attached hydrogens (tertiary/aromatic N) is 5. The van der Waals surface area contributed by atoms with Gasteiger partial charge < -0.3 is 5.32 Å². The zero-order valence-corrected chi connectivity index (χ0v) is 16.1. The Balaban J connectivity index is 0.000000271. The van der Waals surface area contributed by atoms with Crippen LogP contribution in [0.3, 0.4) is 0 Å². The maximum Gasteiger partial charge on any atom is 0.149 e. The van der Waals surface area contributed by atoms with Gasteiger partial charge in [0.15, 0.2) is 0 Å². The predicted octanol–water partition coefficient (Wildman–Crippen LogP) is 4.57. The van der Waals surface area contributed by atoms with Crippen LogP contribution in [0.4, 0.5) is 5.82 Å². The minimum absolute atomic E-state index is 0.327. The number of aromatic nitrogens is 5. The summed E-state index contributed by atoms with van der Waals surface area (Å²) in [5.74, 6) is 0.675. The van der Waals surface area contributed by atoms with Gasteiger partial charge in [0.25, 0.3) is 0 Å². The zero-order valence-electron chi connectivity index (χ0n) is 16.1. The molecule has 1 aliphatic rings. The highest BCUT2D eigenvalue weighted by Crippen LogP contribution is 2.24. The maximum absolute atomic E-state index is 9.28. The molecule has 0 aromatic carbocycles. The molecule has 0 bridgehead atoms. The fourth-order valence-corrected chi connectivity index (χ4v) is 3.16. The van der Waals surface area contributed by atoms with Gasteiger partial charge in [-0.05, 0) is 24.3 Å². The first-order valence-corrected chi connectivity index (χ1v) is 9.74. The average Bonchev–Trinajstić information content (AvgIpc) is 3.13. The quantitative estimate of drug-likeness (QED) is 0.650. The normalized spacial score (nSPS) is 13.6. The smallest absolute Gasteiger partial charge is 0.149 e. The zero-order chi connectivity index (χ0) is 19.6. The molecule has 3 aromatic heterocycles. The summed E-state index contributed by atoms with van der Waals surface area (Å²) >= 11 is 0. The Bertz CT molecular complexity index is 876. The van der Waals surface area contributed by atoms with Gasteiger partial charge in [-0.25, -0.2) is 4.98 Å². The van der Waals surface area contributed by atoms with E-state index in [1.165, 1.54) is 44.9 Å². The van der Waals surface area contributed by atoms with Crippen LogP contribution in [0.25, 0.3) is 22.5 Å². The number of pyridine rings is 1. The van der Waals surface area contributed by atoms with E-state index in [9.17, 15) is 5.26 Å². The van der Waals surface area contributed by atoms with Crippen LogP contribution in [0.15, 0.2) is 36.7 Å². The van der Waals surface area contributed by atoms with Crippen LogP contribution in [0.1, 0.15) is 50.6 Å². The van der Waals surface area contributed by atoms with Gasteiger partial charge in [-0.15, -0.1) is 10.2 Å². The molecule has 0 atom stereocenters. The van der Waals surface area contributed by atoms with Crippen LogP contribution in [0.5, 0.6) is 0 Å². The SMILES string of the molecule is C1CCCCCC1.CNc1ccc(-c2ccc(-c3cn[nH]c3)c(C#N)n2)nn1. The van der Waals surface area contributed by atoms with Crippen molar-refractivity contribution in [3.63, 3.8) is 0 Å². The molecular formula is C21H25N7. The van der Waals surface area contributed by atoms with Crippen LogP contribution < -0.4 is 5.32 Å². The fourth-order valence-electron chi connectivity index (χ4n) is 3.16. The van der Waals surface area contributed by atoms with Crippen LogP contribution in [-0.4, -0.2) is 32.4 Å². The minimum atomic E-state index is 0.327. The second kappa shape index (κ2) is 10.2. The molecular weight excluding hydrogens is 350 g/mol. The molecule has 144 valence electrons. The first-order valence-electron chi connectivity index (χ1n) is 9.74. The third-order valence-corrected chi connectivity index (χ3v) is 4.74. The van der Waals surface area contributed by atoms with Gasteiger partial charge in [0.2, 0.25) is 0 Å². The Morgan fingerprint density at radius 2 is 1.61 bits per heavy atom. The van der Waals surface area contributed by atoms with Crippen LogP contribution in [0, 0.1) is 11.3 Å². The van der Waals surface area contributed by atoms with E-state index in [4.69, 9.17) is 0 Å². The number of nitriles is 1. The van der Waals surface area contributed by atoms with Crippen molar-refractivity contribution in [2.45, 2.75) is 44.9 Å². The van der Waals surface area contributed by atoms with Crippen LogP contribution in [-0.2, 0) is 0 Å². The van der Waals surface area contributed by atoms with E-state index in [0.717, 1.165) is 11.1 Å². The molecule has 4 rings (SSSR count). The second-order valence-electron chi connectivity index (χ2n) is 6.72. The number of anilines is 1. The summed E-state index contributed by atoms with van der Waals surface area (Å²) in [6.45, 7) is 0. The Hall–Kier alpha value is -3.27. The lowest BCUT2D eigenvalue weighted by molar-refractivity contribution is 0.702. The Labute approximate surface area is 165 Å². The highest BCUT2D eigenvalue weighted by Gasteiger charge is 2.10. The van der Waals surface area contributed by atoms with Crippen molar-refractivity contribution >= 4 is 5.82 Å². The Morgan fingerprint density at radius 1 is 0.929 bits per heavy atom. The fraction of sp³-hybridized carbons (Fsp3) is 0.381. The van der Waals surface area contributed by atoms with E-state index in [1.807, 2.05) is 12.1 Å². The summed E-state index contributed by atoms with van der Waals surface area (Å²) in [4.78, 5) is 4.35. The van der Waals surface area contributed by atoms with E-state index < -0.39 is 0 Å². The Morgan fingerprint density at radius 3 is 2.11 bits per heavy atom. The van der Waals surface area contributed by atoms with E-state index in [2.05, 4.69) is 36.8 Å². The molecule has 0 saturated heterocycles. The molecule has 7 nitrogen and oxygen atoms in total. The van der Waals surface area contributed by atoms with Crippen molar-refractivity contribution in [3.05, 3.63) is 42.4 Å². The minimum Gasteiger partial charge on any atom is -0.372 e. The molecule has 0 aliphatic heterocycles. The molecule has 3 aromatic rings. The number of hydrogen-bond donors (Lipinski definition) is 2. The summed E-state index contributed by atoms with van der Waals surface area (Å²) in [6, 6.07) is 9.36. The summed E-state index contributed by atoms with van der Waals surface area (Å²) in [5.41, 5.74) is 3.10. The van der Waals surface area contributed by atoms with Crippen LogP contribution in [0.2, 0.25) is 0 Å². The van der Waals surface area contributed by atoms with Gasteiger partial charge in [-0.1, -0.05) is 44.9 Å². The molecule has 0 radical (unpaired) electrons. The number of rotatable bonds is 3. The Kier molecular flexibility index (Phi) is 7.08. The summed E-state index contributed by atoms with van der Waals surface area (Å²) in [7, 11) is 1.77. The van der Waals surface area contributed by atoms with Gasteiger partial charge in [-0.3, -0.25) is 5.10 Å². The second-order valence-corrected chi connectivity index (χ2v) is 6.72. The van der Waals surface area contributed by atoms with Crippen molar-refractivity contribution in [1.29, 1.82) is 5.26 Å². The van der Waals surface area contributed by atoms with Crippen molar-refractivity contribution in [2.75, 3.05) is 12.4 Å². The largest absolute Gasteiger partial charge is 0.372 e. The molecule has 0 unspecified atom stereocenters. The molecule has 7 heteroatoms. The van der Waals surface area contributed by atoms with Gasteiger partial charge in [0.1, 0.15) is 23.3 Å². The van der Waals surface area contributed by atoms with E-state index >= 15 is 0 Å². The number of nitrogens with one attached hydrogen (secondary N) is 2. The topological polar surface area (TPSA) is 103 Å². The van der Waals surface area contributed by atoms with Crippen LogP contribution >= 0.6 is 0 Å². The molecule has 3 heterocycles. The van der Waals surface area contributed by atoms with Gasteiger partial charge >= 0.3 is 0 Å². The standard InChI is InChI=1S/C14H11N7.C7H14/c1-16-14-5-4-12(20-21-14)11-3-2-10(13(6-15)19-11)9-7-17-18-8-9;1-2-4-6-7-5-3-1/h2-5,7-8H,1H3,(H,16,21)(H,17,18);1-7H2. The number of aromatic amines is 1. The third-order valence-electron chi connectivity index (χ3n) is 4.74. The predicted molar refractivity (Wildman–Crippen MR) is 109 cm³/mol. The third kappa shape index (κ3) is 5.13. The molecule has 0 spiro atoms. The molecule has 1 fully saturated rings. The number of H-pyrrole nitrogens is 1. The lowest BCUT2D eigenvalue weighted by Crippen LogP contribution is -1.97. The van der Waals surface area contributed by atoms with Gasteiger partial charge in [0, 0.05) is 24.4 Å². The molecule has 0 amide bonds. The molecule has 1 aliphatic carbocycles. The van der Waals surface area contributed by atoms with Crippen molar-refractivity contribution in [3.8, 4) is 28.6 Å². The highest BCUT2D eigenvalue weighted by molar-refractivity contribution is 5.70. The monoisotopic (exact) mass is 375 g/mol. The lowest BCUT2D eigenvalue weighted by atomic mass is 10.1. The van der Waals surface area contributed by atoms with E-state index in [0.29, 0.717) is 22.9 Å². The first kappa shape index (κ1) is 19.5. The van der Waals surface area contributed by atoms with Crippen molar-refractivity contribution in [2.24, 2.45) is 0 Å². The first-order chi connectivity index (χ1) is 13.8. The lowest BCUT2D eigenvalue weighted by Gasteiger charge is -2.04. The summed E-state index contributed by atoms with van der Waals surface area (Å²) in [6.07, 6.45) is 13.9. The summed E-state index contributed by atoms with van der Waals surface area (Å²) in [5, 5.41) is 26.9. The average molecular weight is 375 g/mol. The van der Waals surface area contributed by atoms with E-state index in [1.54, 1.807) is 31.6 Å². The molecule has 28 heavy (non-hydrogen) atoms. The number of hydrogen-bond acceptors (Lipinski definition) is 6. The maximum atomic E-state index is 9.28. The van der Waals surface area contributed by atoms with E-state index in [-0.39, 0.29) is 0 Å². The molecule has 2 N–H and O–H groups in total. The highest BCUT2D eigenvalue weighted by atomic mass is 15.2. The molecule has 1 saturated carbocycles. The van der Waals surface area contributed by atoms with Crippen molar-refractivity contribution < 1.29 is 0 Å². The van der Waals surface area contributed by atoms with Gasteiger partial charge in [0.05, 0.1) is 11.9 Å². The van der Waals surface area contributed by atoms with Crippen molar-refractivity contribution in [1.82, 2.24) is 25.4 Å².